The fourth-order valence-corrected chi connectivity index (χ4v) is 4.97. The minimum atomic E-state index is -0.0432. The van der Waals surface area contributed by atoms with Gasteiger partial charge >= 0.3 is 0 Å². The summed E-state index contributed by atoms with van der Waals surface area (Å²) in [6.45, 7) is 5.01. The van der Waals surface area contributed by atoms with Crippen LogP contribution in [0.1, 0.15) is 21.9 Å². The van der Waals surface area contributed by atoms with Gasteiger partial charge < -0.3 is 13.9 Å². The topological polar surface area (TPSA) is 101 Å². The van der Waals surface area contributed by atoms with Gasteiger partial charge in [-0.3, -0.25) is 9.69 Å². The summed E-state index contributed by atoms with van der Waals surface area (Å²) in [7, 11) is 0. The van der Waals surface area contributed by atoms with Crippen molar-refractivity contribution in [1.29, 1.82) is 0 Å². The van der Waals surface area contributed by atoms with Crippen molar-refractivity contribution in [3.8, 4) is 22.0 Å². The molecule has 1 aliphatic rings. The molecule has 5 heterocycles. The molecular weight excluding hydrogens is 464 g/mol. The smallest absolute Gasteiger partial charge is 0.259 e. The fraction of sp³-hybridized carbons (Fsp3) is 0.240. The van der Waals surface area contributed by atoms with E-state index in [1.165, 1.54) is 0 Å². The number of piperazine rings is 1. The Labute approximate surface area is 205 Å². The first-order valence-electron chi connectivity index (χ1n) is 11.4. The van der Waals surface area contributed by atoms with Gasteiger partial charge in [0.1, 0.15) is 0 Å². The number of aryl methyl sites for hydroxylation is 1. The van der Waals surface area contributed by atoms with Crippen LogP contribution < -0.4 is 0 Å². The third-order valence-electron chi connectivity index (χ3n) is 6.15. The quantitative estimate of drug-likeness (QED) is 0.363. The average Bonchev–Trinajstić information content (AvgIpc) is 3.66. The van der Waals surface area contributed by atoms with Crippen LogP contribution in [-0.2, 0) is 6.54 Å². The van der Waals surface area contributed by atoms with Crippen molar-refractivity contribution in [3.05, 3.63) is 71.1 Å². The maximum atomic E-state index is 13.6. The lowest BCUT2D eigenvalue weighted by Crippen LogP contribution is -2.48. The predicted molar refractivity (Wildman–Crippen MR) is 131 cm³/mol. The van der Waals surface area contributed by atoms with Crippen LogP contribution in [0.3, 0.4) is 0 Å². The van der Waals surface area contributed by atoms with Crippen molar-refractivity contribution in [2.75, 3.05) is 26.2 Å². The Morgan fingerprint density at radius 1 is 1.00 bits per heavy atom. The van der Waals surface area contributed by atoms with Crippen molar-refractivity contribution in [2.45, 2.75) is 13.5 Å². The number of nitrogens with zero attached hydrogens (tertiary/aromatic N) is 6. The summed E-state index contributed by atoms with van der Waals surface area (Å²) in [5, 5.41) is 10.8. The van der Waals surface area contributed by atoms with Crippen molar-refractivity contribution in [1.82, 2.24) is 30.1 Å². The van der Waals surface area contributed by atoms with Gasteiger partial charge in [0.2, 0.25) is 11.7 Å². The second-order valence-corrected chi connectivity index (χ2v) is 9.37. The molecule has 1 saturated heterocycles. The van der Waals surface area contributed by atoms with Crippen molar-refractivity contribution >= 4 is 28.3 Å². The van der Waals surface area contributed by atoms with Crippen LogP contribution in [0.15, 0.2) is 63.0 Å². The number of carbonyl (C=O) groups excluding carboxylic acids is 1. The molecule has 1 aliphatic heterocycles. The maximum absolute atomic E-state index is 13.6. The Morgan fingerprint density at radius 2 is 1.83 bits per heavy atom. The summed E-state index contributed by atoms with van der Waals surface area (Å²) >= 11 is 1.58. The molecule has 5 aromatic rings. The molecule has 0 aliphatic carbocycles. The van der Waals surface area contributed by atoms with Gasteiger partial charge in [-0.25, -0.2) is 4.98 Å². The second kappa shape index (κ2) is 9.05. The highest BCUT2D eigenvalue weighted by Crippen LogP contribution is 2.28. The molecule has 10 heteroatoms. The van der Waals surface area contributed by atoms with Gasteiger partial charge in [0.25, 0.3) is 11.6 Å². The molecule has 35 heavy (non-hydrogen) atoms. The number of rotatable bonds is 5. The molecule has 0 spiro atoms. The van der Waals surface area contributed by atoms with E-state index in [0.717, 1.165) is 10.4 Å². The Balaban J connectivity index is 1.18. The van der Waals surface area contributed by atoms with Gasteiger partial charge in [0, 0.05) is 31.7 Å². The van der Waals surface area contributed by atoms with E-state index in [2.05, 4.69) is 25.2 Å². The van der Waals surface area contributed by atoms with Crippen LogP contribution in [0.2, 0.25) is 0 Å². The zero-order chi connectivity index (χ0) is 23.8. The summed E-state index contributed by atoms with van der Waals surface area (Å²) < 4.78 is 10.9. The van der Waals surface area contributed by atoms with Crippen molar-refractivity contribution in [2.24, 2.45) is 0 Å². The first kappa shape index (κ1) is 21.6. The highest BCUT2D eigenvalue weighted by molar-refractivity contribution is 7.13. The molecule has 0 bridgehead atoms. The highest BCUT2D eigenvalue weighted by atomic mass is 32.1. The molecule has 1 aromatic carbocycles. The number of aromatic nitrogens is 4. The molecular formula is C25H22N6O3S. The van der Waals surface area contributed by atoms with Gasteiger partial charge in [-0.1, -0.05) is 46.7 Å². The van der Waals surface area contributed by atoms with Crippen LogP contribution in [0, 0.1) is 6.92 Å². The Morgan fingerprint density at radius 3 is 2.60 bits per heavy atom. The van der Waals surface area contributed by atoms with Gasteiger partial charge in [-0.15, -0.1) is 11.3 Å². The molecule has 0 radical (unpaired) electrons. The third kappa shape index (κ3) is 4.22. The van der Waals surface area contributed by atoms with Crippen LogP contribution in [0.5, 0.6) is 0 Å². The second-order valence-electron chi connectivity index (χ2n) is 8.43. The number of carbonyl (C=O) groups is 1. The molecule has 0 N–H and O–H groups in total. The van der Waals surface area contributed by atoms with Gasteiger partial charge in [-0.05, 0) is 24.4 Å². The summed E-state index contributed by atoms with van der Waals surface area (Å²) in [4.78, 5) is 27.8. The molecule has 0 atom stereocenters. The van der Waals surface area contributed by atoms with E-state index >= 15 is 0 Å². The monoisotopic (exact) mass is 486 g/mol. The van der Waals surface area contributed by atoms with Crippen molar-refractivity contribution in [3.63, 3.8) is 0 Å². The molecule has 0 saturated carbocycles. The van der Waals surface area contributed by atoms with E-state index in [-0.39, 0.29) is 5.91 Å². The summed E-state index contributed by atoms with van der Waals surface area (Å²) in [5.74, 6) is 1.15. The van der Waals surface area contributed by atoms with Crippen LogP contribution >= 0.6 is 11.3 Å². The number of pyridine rings is 1. The zero-order valence-electron chi connectivity index (χ0n) is 19.0. The van der Waals surface area contributed by atoms with E-state index in [0.29, 0.717) is 72.5 Å². The standard InChI is InChI=1S/C25H22N6O3S/c1-16-22-18(14-19(26-24(22)34-28-16)17-6-3-2-4-7-17)25(32)31-11-9-30(10-12-31)15-21-27-23(29-33-21)20-8-5-13-35-20/h2-8,13-14H,9-12,15H2,1H3. The Hall–Kier alpha value is -3.89. The summed E-state index contributed by atoms with van der Waals surface area (Å²) in [6, 6.07) is 15.6. The molecule has 0 unspecified atom stereocenters. The van der Waals surface area contributed by atoms with E-state index in [1.54, 1.807) is 11.3 Å². The van der Waals surface area contributed by atoms with Crippen LogP contribution in [-0.4, -0.2) is 62.2 Å². The largest absolute Gasteiger partial charge is 0.338 e. The minimum absolute atomic E-state index is 0.0432. The first-order valence-corrected chi connectivity index (χ1v) is 12.2. The predicted octanol–water partition coefficient (Wildman–Crippen LogP) is 4.27. The Kier molecular flexibility index (Phi) is 5.59. The normalized spacial score (nSPS) is 14.6. The zero-order valence-corrected chi connectivity index (χ0v) is 19.9. The maximum Gasteiger partial charge on any atom is 0.259 e. The SMILES string of the molecule is Cc1noc2nc(-c3ccccc3)cc(C(=O)N3CCN(Cc4nc(-c5cccs5)no4)CC3)c12. The lowest BCUT2D eigenvalue weighted by Gasteiger charge is -2.34. The van der Waals surface area contributed by atoms with Gasteiger partial charge in [0.05, 0.1) is 33.8 Å². The van der Waals surface area contributed by atoms with Crippen molar-refractivity contribution < 1.29 is 13.8 Å². The molecule has 1 amide bonds. The molecule has 176 valence electrons. The van der Waals surface area contributed by atoms with Gasteiger partial charge in [0.15, 0.2) is 0 Å². The third-order valence-corrected chi connectivity index (χ3v) is 7.01. The number of benzene rings is 1. The van der Waals surface area contributed by atoms with Gasteiger partial charge in [-0.2, -0.15) is 4.98 Å². The van der Waals surface area contributed by atoms with E-state index < -0.39 is 0 Å². The average molecular weight is 487 g/mol. The van der Waals surface area contributed by atoms with Crippen LogP contribution in [0.4, 0.5) is 0 Å². The first-order chi connectivity index (χ1) is 17.2. The lowest BCUT2D eigenvalue weighted by molar-refractivity contribution is 0.0617. The molecule has 6 rings (SSSR count). The molecule has 1 fully saturated rings. The number of thiophene rings is 1. The lowest BCUT2D eigenvalue weighted by atomic mass is 10.0. The summed E-state index contributed by atoms with van der Waals surface area (Å²) in [6.07, 6.45) is 0. The highest BCUT2D eigenvalue weighted by Gasteiger charge is 2.27. The van der Waals surface area contributed by atoms with E-state index in [9.17, 15) is 4.79 Å². The fourth-order valence-electron chi connectivity index (χ4n) is 4.32. The van der Waals surface area contributed by atoms with Crippen LogP contribution in [0.25, 0.3) is 33.1 Å². The number of hydrogen-bond acceptors (Lipinski definition) is 9. The number of hydrogen-bond donors (Lipinski definition) is 0. The van der Waals surface area contributed by atoms with E-state index in [4.69, 9.17) is 9.05 Å². The molecule has 9 nitrogen and oxygen atoms in total. The summed E-state index contributed by atoms with van der Waals surface area (Å²) in [5.41, 5.74) is 3.22. The minimum Gasteiger partial charge on any atom is -0.338 e. The number of amides is 1. The Bertz CT molecular complexity index is 1470. The molecule has 4 aromatic heterocycles. The number of fused-ring (bicyclic) bond motifs is 1. The van der Waals surface area contributed by atoms with E-state index in [1.807, 2.05) is 65.7 Å².